The minimum atomic E-state index is 0.486. The van der Waals surface area contributed by atoms with E-state index in [-0.39, 0.29) is 0 Å². The summed E-state index contributed by atoms with van der Waals surface area (Å²) in [6, 6.07) is 5.48. The van der Waals surface area contributed by atoms with E-state index in [0.717, 1.165) is 0 Å². The summed E-state index contributed by atoms with van der Waals surface area (Å²) in [5.74, 6) is 0. The Kier molecular flexibility index (Phi) is 2.47. The molecule has 0 aliphatic rings. The Morgan fingerprint density at radius 3 is 3.00 bits per heavy atom. The molecule has 0 bridgehead atoms. The minimum Gasteiger partial charge on any atom is -0.440 e. The number of nitriles is 1. The molecule has 0 atom stereocenters. The van der Waals surface area contributed by atoms with Crippen molar-refractivity contribution in [1.29, 1.82) is 5.26 Å². The summed E-state index contributed by atoms with van der Waals surface area (Å²) in [5.41, 5.74) is 0.524. The maximum absolute atomic E-state index is 8.79. The van der Waals surface area contributed by atoms with E-state index in [1.54, 1.807) is 24.5 Å². The van der Waals surface area contributed by atoms with Gasteiger partial charge < -0.3 is 4.42 Å². The standard InChI is InChI=1S/C9H5N3OS/c10-6-7-2-1-3-11-8(7)14-9-12-4-5-13-9/h1-5H. The summed E-state index contributed by atoms with van der Waals surface area (Å²) in [7, 11) is 0. The number of oxazole rings is 1. The Hall–Kier alpha value is -1.80. The lowest BCUT2D eigenvalue weighted by molar-refractivity contribution is 0.454. The zero-order valence-electron chi connectivity index (χ0n) is 7.04. The Balaban J connectivity index is 2.30. The molecule has 0 aliphatic carbocycles. The molecule has 4 nitrogen and oxygen atoms in total. The second-order valence-corrected chi connectivity index (χ2v) is 3.31. The molecule has 0 radical (unpaired) electrons. The van der Waals surface area contributed by atoms with Crippen molar-refractivity contribution in [3.63, 3.8) is 0 Å². The van der Waals surface area contributed by atoms with Gasteiger partial charge in [0.1, 0.15) is 17.4 Å². The van der Waals surface area contributed by atoms with E-state index in [4.69, 9.17) is 9.68 Å². The largest absolute Gasteiger partial charge is 0.440 e. The summed E-state index contributed by atoms with van der Waals surface area (Å²) in [5, 5.41) is 9.89. The summed E-state index contributed by atoms with van der Waals surface area (Å²) in [6.07, 6.45) is 4.67. The molecule has 2 heterocycles. The highest BCUT2D eigenvalue weighted by molar-refractivity contribution is 7.99. The molecule has 0 N–H and O–H groups in total. The van der Waals surface area contributed by atoms with Gasteiger partial charge >= 0.3 is 0 Å². The first-order chi connectivity index (χ1) is 6.90. The van der Waals surface area contributed by atoms with Crippen LogP contribution in [0.1, 0.15) is 5.56 Å². The smallest absolute Gasteiger partial charge is 0.262 e. The van der Waals surface area contributed by atoms with Crippen LogP contribution in [0.5, 0.6) is 0 Å². The first-order valence-corrected chi connectivity index (χ1v) is 4.64. The van der Waals surface area contributed by atoms with Crippen molar-refractivity contribution >= 4 is 11.8 Å². The highest BCUT2D eigenvalue weighted by Crippen LogP contribution is 2.26. The van der Waals surface area contributed by atoms with E-state index in [0.29, 0.717) is 15.8 Å². The van der Waals surface area contributed by atoms with Crippen molar-refractivity contribution in [2.45, 2.75) is 10.2 Å². The van der Waals surface area contributed by atoms with Crippen LogP contribution in [0.4, 0.5) is 0 Å². The van der Waals surface area contributed by atoms with Crippen molar-refractivity contribution in [2.24, 2.45) is 0 Å². The Bertz CT molecular complexity index is 461. The van der Waals surface area contributed by atoms with Crippen LogP contribution < -0.4 is 0 Å². The van der Waals surface area contributed by atoms with Gasteiger partial charge in [0.2, 0.25) is 0 Å². The number of nitrogens with zero attached hydrogens (tertiary/aromatic N) is 3. The third kappa shape index (κ3) is 1.75. The van der Waals surface area contributed by atoms with Crippen LogP contribution in [-0.2, 0) is 0 Å². The molecule has 0 fully saturated rings. The SMILES string of the molecule is N#Cc1cccnc1Sc1ncco1. The molecule has 0 aliphatic heterocycles. The number of aromatic nitrogens is 2. The van der Waals surface area contributed by atoms with Crippen molar-refractivity contribution in [1.82, 2.24) is 9.97 Å². The van der Waals surface area contributed by atoms with Crippen LogP contribution in [0.25, 0.3) is 0 Å². The van der Waals surface area contributed by atoms with Crippen LogP contribution in [0.2, 0.25) is 0 Å². The van der Waals surface area contributed by atoms with Crippen LogP contribution in [0.15, 0.2) is 45.5 Å². The zero-order chi connectivity index (χ0) is 9.80. The van der Waals surface area contributed by atoms with Gasteiger partial charge in [-0.2, -0.15) is 5.26 Å². The molecule has 0 spiro atoms. The molecule has 0 amide bonds. The van der Waals surface area contributed by atoms with Crippen LogP contribution in [0.3, 0.4) is 0 Å². The fraction of sp³-hybridized carbons (Fsp3) is 0. The van der Waals surface area contributed by atoms with Gasteiger partial charge in [0, 0.05) is 6.20 Å². The molecule has 0 aromatic carbocycles. The Morgan fingerprint density at radius 2 is 2.29 bits per heavy atom. The second kappa shape index (κ2) is 3.94. The van der Waals surface area contributed by atoms with Crippen LogP contribution in [-0.4, -0.2) is 9.97 Å². The number of hydrogen-bond donors (Lipinski definition) is 0. The van der Waals surface area contributed by atoms with Gasteiger partial charge in [-0.05, 0) is 23.9 Å². The first-order valence-electron chi connectivity index (χ1n) is 3.82. The molecule has 0 unspecified atom stereocenters. The maximum atomic E-state index is 8.79. The molecule has 2 rings (SSSR count). The molecular weight excluding hydrogens is 198 g/mol. The lowest BCUT2D eigenvalue weighted by atomic mass is 10.3. The van der Waals surface area contributed by atoms with Gasteiger partial charge in [-0.25, -0.2) is 9.97 Å². The van der Waals surface area contributed by atoms with Crippen molar-refractivity contribution in [3.8, 4) is 6.07 Å². The molecule has 68 valence electrons. The lowest BCUT2D eigenvalue weighted by Gasteiger charge is -1.96. The normalized spacial score (nSPS) is 9.64. The summed E-state index contributed by atoms with van der Waals surface area (Å²) >= 11 is 1.23. The zero-order valence-corrected chi connectivity index (χ0v) is 7.86. The number of rotatable bonds is 2. The first kappa shape index (κ1) is 8.78. The van der Waals surface area contributed by atoms with Crippen molar-refractivity contribution < 1.29 is 4.42 Å². The van der Waals surface area contributed by atoms with Gasteiger partial charge in [-0.1, -0.05) is 0 Å². The van der Waals surface area contributed by atoms with Gasteiger partial charge in [-0.3, -0.25) is 0 Å². The van der Waals surface area contributed by atoms with E-state index >= 15 is 0 Å². The highest BCUT2D eigenvalue weighted by atomic mass is 32.2. The van der Waals surface area contributed by atoms with Gasteiger partial charge in [-0.15, -0.1) is 0 Å². The minimum absolute atomic E-state index is 0.486. The Morgan fingerprint density at radius 1 is 1.36 bits per heavy atom. The third-order valence-electron chi connectivity index (χ3n) is 1.49. The van der Waals surface area contributed by atoms with E-state index in [1.807, 2.05) is 0 Å². The second-order valence-electron chi connectivity index (χ2n) is 2.37. The molecule has 5 heteroatoms. The lowest BCUT2D eigenvalue weighted by Crippen LogP contribution is -1.84. The van der Waals surface area contributed by atoms with E-state index < -0.39 is 0 Å². The predicted octanol–water partition coefficient (Wildman–Crippen LogP) is 2.09. The highest BCUT2D eigenvalue weighted by Gasteiger charge is 2.07. The molecule has 14 heavy (non-hydrogen) atoms. The van der Waals surface area contributed by atoms with E-state index in [9.17, 15) is 0 Å². The number of pyridine rings is 1. The summed E-state index contributed by atoms with van der Waals surface area (Å²) in [6.45, 7) is 0. The topological polar surface area (TPSA) is 62.7 Å². The van der Waals surface area contributed by atoms with Gasteiger partial charge in [0.25, 0.3) is 5.22 Å². The fourth-order valence-electron chi connectivity index (χ4n) is 0.901. The average Bonchev–Trinajstić information content (AvgIpc) is 2.71. The van der Waals surface area contributed by atoms with Crippen LogP contribution in [0, 0.1) is 11.3 Å². The molecule has 0 saturated heterocycles. The molecule has 0 saturated carbocycles. The number of hydrogen-bond acceptors (Lipinski definition) is 5. The molecule has 2 aromatic rings. The Labute approximate surface area is 84.6 Å². The van der Waals surface area contributed by atoms with Gasteiger partial charge in [0.05, 0.1) is 11.8 Å². The van der Waals surface area contributed by atoms with E-state index in [1.165, 1.54) is 18.0 Å². The van der Waals surface area contributed by atoms with Crippen LogP contribution >= 0.6 is 11.8 Å². The monoisotopic (exact) mass is 203 g/mol. The quantitative estimate of drug-likeness (QED) is 0.747. The van der Waals surface area contributed by atoms with Gasteiger partial charge in [0.15, 0.2) is 0 Å². The maximum Gasteiger partial charge on any atom is 0.262 e. The summed E-state index contributed by atoms with van der Waals surface area (Å²) in [4.78, 5) is 8.00. The average molecular weight is 203 g/mol. The summed E-state index contributed by atoms with van der Waals surface area (Å²) < 4.78 is 5.04. The molecular formula is C9H5N3OS. The third-order valence-corrected chi connectivity index (χ3v) is 2.38. The van der Waals surface area contributed by atoms with Crippen molar-refractivity contribution in [3.05, 3.63) is 36.4 Å². The molecule has 2 aromatic heterocycles. The fourth-order valence-corrected chi connectivity index (χ4v) is 1.62. The van der Waals surface area contributed by atoms with Crippen molar-refractivity contribution in [2.75, 3.05) is 0 Å². The van der Waals surface area contributed by atoms with E-state index in [2.05, 4.69) is 16.0 Å². The predicted molar refractivity (Wildman–Crippen MR) is 49.6 cm³/mol.